The zero-order chi connectivity index (χ0) is 23.1. The van der Waals surface area contributed by atoms with Gasteiger partial charge in [-0.2, -0.15) is 0 Å². The summed E-state index contributed by atoms with van der Waals surface area (Å²) in [4.78, 5) is 1.43. The van der Waals surface area contributed by atoms with E-state index in [4.69, 9.17) is 0 Å². The van der Waals surface area contributed by atoms with Gasteiger partial charge in [-0.3, -0.25) is 0 Å². The van der Waals surface area contributed by atoms with E-state index in [1.807, 2.05) is 0 Å². The van der Waals surface area contributed by atoms with Crippen molar-refractivity contribution < 1.29 is 8.97 Å². The SMILES string of the molecule is CCCC[N+]1(C(Br)CCCCCCCCCCC(Br)[N+]2(CCCC)CCCC2)CCCC1. The molecular weight excluding hydrogens is 524 g/mol. The Bertz CT molecular complexity index is 416. The van der Waals surface area contributed by atoms with Gasteiger partial charge in [-0.25, -0.2) is 0 Å². The Labute approximate surface area is 218 Å². The topological polar surface area (TPSA) is 0 Å². The summed E-state index contributed by atoms with van der Waals surface area (Å²) in [5.41, 5.74) is 0. The van der Waals surface area contributed by atoms with Crippen LogP contribution in [0.3, 0.4) is 0 Å². The van der Waals surface area contributed by atoms with Crippen LogP contribution in [0.25, 0.3) is 0 Å². The van der Waals surface area contributed by atoms with Gasteiger partial charge in [-0.15, -0.1) is 0 Å². The Morgan fingerprint density at radius 1 is 0.500 bits per heavy atom. The largest absolute Gasteiger partial charge is 0.312 e. The first-order valence-electron chi connectivity index (χ1n) is 14.6. The summed E-state index contributed by atoms with van der Waals surface area (Å²) in [6, 6.07) is 0. The van der Waals surface area contributed by atoms with Crippen LogP contribution >= 0.6 is 31.9 Å². The molecule has 4 heteroatoms. The summed E-state index contributed by atoms with van der Waals surface area (Å²) in [5, 5.41) is 0. The molecule has 2 aliphatic rings. The number of nitrogens with zero attached hydrogens (tertiary/aromatic N) is 2. The molecule has 2 rings (SSSR count). The number of hydrogen-bond acceptors (Lipinski definition) is 0. The van der Waals surface area contributed by atoms with Crippen LogP contribution in [0.2, 0.25) is 0 Å². The second-order valence-corrected chi connectivity index (χ2v) is 13.3. The molecule has 0 aromatic carbocycles. The fourth-order valence-electron chi connectivity index (χ4n) is 6.40. The van der Waals surface area contributed by atoms with E-state index in [1.54, 1.807) is 0 Å². The lowest BCUT2D eigenvalue weighted by molar-refractivity contribution is -0.925. The van der Waals surface area contributed by atoms with E-state index in [1.165, 1.54) is 164 Å². The van der Waals surface area contributed by atoms with E-state index < -0.39 is 0 Å². The highest BCUT2D eigenvalue weighted by atomic mass is 79.9. The number of alkyl halides is 2. The number of hydrogen-bond donors (Lipinski definition) is 0. The van der Waals surface area contributed by atoms with Crippen molar-refractivity contribution in [2.24, 2.45) is 0 Å². The summed E-state index contributed by atoms with van der Waals surface area (Å²) in [5.74, 6) is 0. The maximum atomic E-state index is 4.12. The van der Waals surface area contributed by atoms with Crippen LogP contribution in [-0.4, -0.2) is 58.1 Å². The quantitative estimate of drug-likeness (QED) is 0.0619. The van der Waals surface area contributed by atoms with E-state index in [9.17, 15) is 0 Å². The second-order valence-electron chi connectivity index (χ2n) is 11.2. The molecule has 0 aromatic rings. The van der Waals surface area contributed by atoms with Crippen LogP contribution in [0.15, 0.2) is 0 Å². The third-order valence-corrected chi connectivity index (χ3v) is 11.3. The summed E-state index contributed by atoms with van der Waals surface area (Å²) in [6.45, 7) is 13.2. The molecular formula is C28H56Br2N2+2. The lowest BCUT2D eigenvalue weighted by Gasteiger charge is -2.39. The smallest absolute Gasteiger partial charge is 0.144 e. The third-order valence-electron chi connectivity index (χ3n) is 8.65. The van der Waals surface area contributed by atoms with E-state index >= 15 is 0 Å². The average Bonchev–Trinajstić information content (AvgIpc) is 3.48. The van der Waals surface area contributed by atoms with Gasteiger partial charge >= 0.3 is 0 Å². The molecule has 0 radical (unpaired) electrons. The summed E-state index contributed by atoms with van der Waals surface area (Å²) in [6.07, 6.45) is 25.6. The van der Waals surface area contributed by atoms with Gasteiger partial charge in [0.25, 0.3) is 0 Å². The molecule has 2 nitrogen and oxygen atoms in total. The molecule has 2 aliphatic heterocycles. The molecule has 0 amide bonds. The van der Waals surface area contributed by atoms with Gasteiger partial charge in [-0.05, 0) is 57.5 Å². The number of rotatable bonds is 19. The van der Waals surface area contributed by atoms with E-state index in [-0.39, 0.29) is 0 Å². The molecule has 0 N–H and O–H groups in total. The van der Waals surface area contributed by atoms with Gasteiger partial charge in [0.2, 0.25) is 0 Å². The maximum absolute atomic E-state index is 4.12. The lowest BCUT2D eigenvalue weighted by atomic mass is 10.1. The van der Waals surface area contributed by atoms with Crippen molar-refractivity contribution in [1.82, 2.24) is 0 Å². The van der Waals surface area contributed by atoms with Crippen LogP contribution in [0.5, 0.6) is 0 Å². The van der Waals surface area contributed by atoms with Crippen molar-refractivity contribution in [3.8, 4) is 0 Å². The maximum Gasteiger partial charge on any atom is 0.144 e. The van der Waals surface area contributed by atoms with Crippen molar-refractivity contribution in [1.29, 1.82) is 0 Å². The van der Waals surface area contributed by atoms with Crippen molar-refractivity contribution >= 4 is 31.9 Å². The van der Waals surface area contributed by atoms with Gasteiger partial charge in [0, 0.05) is 38.5 Å². The molecule has 2 fully saturated rings. The van der Waals surface area contributed by atoms with Gasteiger partial charge in [0.1, 0.15) is 9.90 Å². The predicted molar refractivity (Wildman–Crippen MR) is 150 cm³/mol. The molecule has 32 heavy (non-hydrogen) atoms. The molecule has 0 spiro atoms. The summed E-state index contributed by atoms with van der Waals surface area (Å²) in [7, 11) is 0. The Morgan fingerprint density at radius 2 is 0.812 bits per heavy atom. The monoisotopic (exact) mass is 578 g/mol. The van der Waals surface area contributed by atoms with Crippen LogP contribution < -0.4 is 0 Å². The highest BCUT2D eigenvalue weighted by molar-refractivity contribution is 9.09. The first-order chi connectivity index (χ1) is 15.6. The van der Waals surface area contributed by atoms with E-state index in [0.717, 1.165) is 0 Å². The highest BCUT2D eigenvalue weighted by Gasteiger charge is 2.38. The molecule has 0 aromatic heterocycles. The van der Waals surface area contributed by atoms with Gasteiger partial charge < -0.3 is 8.97 Å². The normalized spacial score (nSPS) is 21.8. The van der Waals surface area contributed by atoms with E-state index in [2.05, 4.69) is 45.7 Å². The summed E-state index contributed by atoms with van der Waals surface area (Å²) < 4.78 is 2.75. The Morgan fingerprint density at radius 3 is 1.12 bits per heavy atom. The van der Waals surface area contributed by atoms with Crippen LogP contribution in [0.4, 0.5) is 0 Å². The highest BCUT2D eigenvalue weighted by Crippen LogP contribution is 2.32. The van der Waals surface area contributed by atoms with Crippen molar-refractivity contribution in [3.63, 3.8) is 0 Å². The number of unbranched alkanes of at least 4 members (excludes halogenated alkanes) is 9. The molecule has 0 aliphatic carbocycles. The standard InChI is InChI=1S/C28H56Br2N2/c1-3-5-21-31(23-15-16-24-31)27(29)19-13-11-9-7-8-10-12-14-20-28(30)32(22-6-4-2)25-17-18-26-32/h27-28H,3-26H2,1-2H3/q+2. The molecule has 190 valence electrons. The first-order valence-corrected chi connectivity index (χ1v) is 16.4. The zero-order valence-corrected chi connectivity index (χ0v) is 24.9. The van der Waals surface area contributed by atoms with E-state index in [0.29, 0.717) is 9.90 Å². The van der Waals surface area contributed by atoms with Crippen molar-refractivity contribution in [2.75, 3.05) is 39.3 Å². The van der Waals surface area contributed by atoms with Gasteiger partial charge in [0.05, 0.1) is 39.3 Å². The second kappa shape index (κ2) is 16.5. The minimum absolute atomic E-state index is 0.715. The number of likely N-dealkylation sites (tertiary alicyclic amines) is 2. The fraction of sp³-hybridized carbons (Fsp3) is 1.00. The van der Waals surface area contributed by atoms with Gasteiger partial charge in [-0.1, -0.05) is 65.2 Å². The minimum Gasteiger partial charge on any atom is -0.312 e. The zero-order valence-electron chi connectivity index (χ0n) is 21.8. The Hall–Kier alpha value is 0.880. The van der Waals surface area contributed by atoms with Crippen LogP contribution in [-0.2, 0) is 0 Å². The molecule has 0 bridgehead atoms. The number of halogens is 2. The average molecular weight is 581 g/mol. The van der Waals surface area contributed by atoms with Crippen LogP contribution in [0, 0.1) is 0 Å². The Kier molecular flexibility index (Phi) is 15.0. The molecule has 2 atom stereocenters. The number of quaternary nitrogens is 2. The molecule has 0 saturated carbocycles. The summed E-state index contributed by atoms with van der Waals surface area (Å²) >= 11 is 8.25. The Balaban J connectivity index is 1.47. The molecule has 2 unspecified atom stereocenters. The third kappa shape index (κ3) is 9.50. The first kappa shape index (κ1) is 29.1. The van der Waals surface area contributed by atoms with Crippen molar-refractivity contribution in [2.45, 2.75) is 139 Å². The minimum atomic E-state index is 0.715. The van der Waals surface area contributed by atoms with Crippen molar-refractivity contribution in [3.05, 3.63) is 0 Å². The predicted octanol–water partition coefficient (Wildman–Crippen LogP) is 9.15. The molecule has 2 saturated heterocycles. The fourth-order valence-corrected chi connectivity index (χ4v) is 8.27. The van der Waals surface area contributed by atoms with Crippen LogP contribution in [0.1, 0.15) is 129 Å². The lowest BCUT2D eigenvalue weighted by Crippen LogP contribution is -2.51. The molecule has 2 heterocycles. The van der Waals surface area contributed by atoms with Gasteiger partial charge in [0.15, 0.2) is 0 Å².